The summed E-state index contributed by atoms with van der Waals surface area (Å²) in [7, 11) is 0. The number of hydrogen-bond acceptors (Lipinski definition) is 4. The Morgan fingerprint density at radius 1 is 1.12 bits per heavy atom. The van der Waals surface area contributed by atoms with Crippen molar-refractivity contribution < 1.29 is 18.7 Å². The van der Waals surface area contributed by atoms with Gasteiger partial charge < -0.3 is 25.1 Å². The molecule has 3 amide bonds. The average molecular weight is 359 g/mol. The highest BCUT2D eigenvalue weighted by atomic mass is 16.5. The van der Waals surface area contributed by atoms with Gasteiger partial charge in [0.1, 0.15) is 24.2 Å². The van der Waals surface area contributed by atoms with Gasteiger partial charge in [0.15, 0.2) is 0 Å². The Bertz CT molecular complexity index is 715. The summed E-state index contributed by atoms with van der Waals surface area (Å²) in [5.41, 5.74) is 1.03. The van der Waals surface area contributed by atoms with Crippen molar-refractivity contribution in [3.8, 4) is 5.75 Å². The molecule has 0 saturated heterocycles. The van der Waals surface area contributed by atoms with Crippen LogP contribution >= 0.6 is 0 Å². The SMILES string of the molecule is Cc1ccccc1OCC(C)NC(=O)NC(C)C(=O)NCc1ccco1. The first-order chi connectivity index (χ1) is 12.5. The number of carbonyl (C=O) groups excluding carboxylic acids is 2. The minimum atomic E-state index is -0.672. The van der Waals surface area contributed by atoms with Crippen molar-refractivity contribution in [2.24, 2.45) is 0 Å². The van der Waals surface area contributed by atoms with Crippen molar-refractivity contribution in [2.45, 2.75) is 39.4 Å². The smallest absolute Gasteiger partial charge is 0.315 e. The molecule has 3 N–H and O–H groups in total. The summed E-state index contributed by atoms with van der Waals surface area (Å²) in [6.07, 6.45) is 1.54. The number of aryl methyl sites for hydroxylation is 1. The molecule has 0 spiro atoms. The normalized spacial score (nSPS) is 12.7. The number of nitrogens with one attached hydrogen (secondary N) is 3. The number of rotatable bonds is 8. The molecule has 0 bridgehead atoms. The Hall–Kier alpha value is -2.96. The molecule has 1 heterocycles. The molecule has 2 aromatic rings. The number of benzene rings is 1. The number of carbonyl (C=O) groups is 2. The van der Waals surface area contributed by atoms with Crippen LogP contribution in [0.5, 0.6) is 5.75 Å². The first-order valence-corrected chi connectivity index (χ1v) is 8.51. The standard InChI is InChI=1S/C19H25N3O4/c1-13-7-4-5-9-17(13)26-12-14(2)21-19(24)22-15(3)18(23)20-11-16-8-6-10-25-16/h4-10,14-15H,11-12H2,1-3H3,(H,20,23)(H2,21,22,24). The van der Waals surface area contributed by atoms with Gasteiger partial charge in [0.25, 0.3) is 0 Å². The van der Waals surface area contributed by atoms with Gasteiger partial charge >= 0.3 is 6.03 Å². The second-order valence-corrected chi connectivity index (χ2v) is 6.11. The van der Waals surface area contributed by atoms with Crippen molar-refractivity contribution in [2.75, 3.05) is 6.61 Å². The number of para-hydroxylation sites is 1. The zero-order valence-corrected chi connectivity index (χ0v) is 15.2. The van der Waals surface area contributed by atoms with Gasteiger partial charge in [-0.1, -0.05) is 18.2 Å². The van der Waals surface area contributed by atoms with E-state index in [0.717, 1.165) is 11.3 Å². The average Bonchev–Trinajstić information content (AvgIpc) is 3.12. The number of hydrogen-bond donors (Lipinski definition) is 3. The molecule has 1 aromatic carbocycles. The minimum absolute atomic E-state index is 0.215. The number of ether oxygens (including phenoxy) is 1. The van der Waals surface area contributed by atoms with Crippen molar-refractivity contribution >= 4 is 11.9 Å². The van der Waals surface area contributed by atoms with Crippen LogP contribution in [0.25, 0.3) is 0 Å². The lowest BCUT2D eigenvalue weighted by molar-refractivity contribution is -0.122. The highest BCUT2D eigenvalue weighted by molar-refractivity contribution is 5.86. The first-order valence-electron chi connectivity index (χ1n) is 8.51. The zero-order chi connectivity index (χ0) is 18.9. The summed E-state index contributed by atoms with van der Waals surface area (Å²) in [6.45, 7) is 6.02. The fourth-order valence-corrected chi connectivity index (χ4v) is 2.24. The third-order valence-electron chi connectivity index (χ3n) is 3.72. The predicted molar refractivity (Wildman–Crippen MR) is 97.8 cm³/mol. The van der Waals surface area contributed by atoms with Crippen LogP contribution in [0.1, 0.15) is 25.2 Å². The second-order valence-electron chi connectivity index (χ2n) is 6.11. The summed E-state index contributed by atoms with van der Waals surface area (Å²) < 4.78 is 10.8. The molecule has 0 aliphatic rings. The molecule has 140 valence electrons. The van der Waals surface area contributed by atoms with Gasteiger partial charge in [0.05, 0.1) is 18.8 Å². The van der Waals surface area contributed by atoms with E-state index in [0.29, 0.717) is 12.4 Å². The molecular formula is C19H25N3O4. The maximum absolute atomic E-state index is 12.0. The summed E-state index contributed by atoms with van der Waals surface area (Å²) in [5, 5.41) is 8.05. The molecule has 2 unspecified atom stereocenters. The van der Waals surface area contributed by atoms with Gasteiger partial charge in [-0.25, -0.2) is 4.79 Å². The number of amides is 3. The van der Waals surface area contributed by atoms with Crippen molar-refractivity contribution in [3.63, 3.8) is 0 Å². The molecule has 0 saturated carbocycles. The van der Waals surface area contributed by atoms with Gasteiger partial charge in [-0.2, -0.15) is 0 Å². The van der Waals surface area contributed by atoms with E-state index in [1.807, 2.05) is 38.1 Å². The van der Waals surface area contributed by atoms with Gasteiger partial charge in [0.2, 0.25) is 5.91 Å². The summed E-state index contributed by atoms with van der Waals surface area (Å²) in [5.74, 6) is 1.14. The van der Waals surface area contributed by atoms with Crippen LogP contribution in [0, 0.1) is 6.92 Å². The highest BCUT2D eigenvalue weighted by Gasteiger charge is 2.17. The minimum Gasteiger partial charge on any atom is -0.491 e. The summed E-state index contributed by atoms with van der Waals surface area (Å²) >= 11 is 0. The molecule has 2 rings (SSSR count). The van der Waals surface area contributed by atoms with Crippen LogP contribution in [0.15, 0.2) is 47.1 Å². The van der Waals surface area contributed by atoms with Crippen LogP contribution in [-0.2, 0) is 11.3 Å². The lowest BCUT2D eigenvalue weighted by Gasteiger charge is -2.18. The van der Waals surface area contributed by atoms with E-state index in [2.05, 4.69) is 16.0 Å². The number of urea groups is 1. The molecule has 0 aliphatic carbocycles. The quantitative estimate of drug-likeness (QED) is 0.675. The fourth-order valence-electron chi connectivity index (χ4n) is 2.24. The monoisotopic (exact) mass is 359 g/mol. The molecule has 2 atom stereocenters. The van der Waals surface area contributed by atoms with E-state index < -0.39 is 12.1 Å². The van der Waals surface area contributed by atoms with Gasteiger partial charge in [-0.3, -0.25) is 4.79 Å². The maximum Gasteiger partial charge on any atom is 0.315 e. The van der Waals surface area contributed by atoms with E-state index in [1.54, 1.807) is 19.1 Å². The van der Waals surface area contributed by atoms with Crippen molar-refractivity contribution in [1.29, 1.82) is 0 Å². The van der Waals surface area contributed by atoms with Crippen LogP contribution in [0.3, 0.4) is 0 Å². The summed E-state index contributed by atoms with van der Waals surface area (Å²) in [4.78, 5) is 24.0. The molecule has 0 radical (unpaired) electrons. The molecule has 0 fully saturated rings. The van der Waals surface area contributed by atoms with Gasteiger partial charge in [-0.15, -0.1) is 0 Å². The third-order valence-corrected chi connectivity index (χ3v) is 3.72. The lowest BCUT2D eigenvalue weighted by Crippen LogP contribution is -2.51. The van der Waals surface area contributed by atoms with Crippen LogP contribution in [0.2, 0.25) is 0 Å². The van der Waals surface area contributed by atoms with Crippen LogP contribution in [0.4, 0.5) is 4.79 Å². The predicted octanol–water partition coefficient (Wildman–Crippen LogP) is 2.36. The van der Waals surface area contributed by atoms with Gasteiger partial charge in [0, 0.05) is 0 Å². The molecule has 7 nitrogen and oxygen atoms in total. The van der Waals surface area contributed by atoms with E-state index >= 15 is 0 Å². The van der Waals surface area contributed by atoms with Crippen molar-refractivity contribution in [3.05, 3.63) is 54.0 Å². The Kier molecular flexibility index (Phi) is 7.08. The Balaban J connectivity index is 1.69. The van der Waals surface area contributed by atoms with E-state index in [-0.39, 0.29) is 18.5 Å². The highest BCUT2D eigenvalue weighted by Crippen LogP contribution is 2.16. The first kappa shape index (κ1) is 19.4. The van der Waals surface area contributed by atoms with Crippen LogP contribution in [-0.4, -0.2) is 30.6 Å². The molecule has 26 heavy (non-hydrogen) atoms. The molecular weight excluding hydrogens is 334 g/mol. The number of furan rings is 1. The Morgan fingerprint density at radius 2 is 1.88 bits per heavy atom. The summed E-state index contributed by atoms with van der Waals surface area (Å²) in [6, 6.07) is 9.88. The molecule has 0 aliphatic heterocycles. The molecule has 1 aromatic heterocycles. The Morgan fingerprint density at radius 3 is 2.58 bits per heavy atom. The fraction of sp³-hybridized carbons (Fsp3) is 0.368. The maximum atomic E-state index is 12.0. The largest absolute Gasteiger partial charge is 0.491 e. The molecule has 7 heteroatoms. The second kappa shape index (κ2) is 9.50. The van der Waals surface area contributed by atoms with Gasteiger partial charge in [-0.05, 0) is 44.5 Å². The van der Waals surface area contributed by atoms with Crippen LogP contribution < -0.4 is 20.7 Å². The van der Waals surface area contributed by atoms with E-state index in [4.69, 9.17) is 9.15 Å². The third kappa shape index (κ3) is 6.16. The van der Waals surface area contributed by atoms with E-state index in [1.165, 1.54) is 6.26 Å². The zero-order valence-electron chi connectivity index (χ0n) is 15.2. The topological polar surface area (TPSA) is 92.6 Å². The Labute approximate surface area is 153 Å². The lowest BCUT2D eigenvalue weighted by atomic mass is 10.2. The van der Waals surface area contributed by atoms with E-state index in [9.17, 15) is 9.59 Å². The van der Waals surface area contributed by atoms with Crippen molar-refractivity contribution in [1.82, 2.24) is 16.0 Å².